The summed E-state index contributed by atoms with van der Waals surface area (Å²) >= 11 is 0. The van der Waals surface area contributed by atoms with Crippen molar-refractivity contribution in [1.82, 2.24) is 15.1 Å². The van der Waals surface area contributed by atoms with E-state index in [1.54, 1.807) is 7.11 Å². The number of hydrogen-bond donors (Lipinski definition) is 1. The molecule has 0 radical (unpaired) electrons. The highest BCUT2D eigenvalue weighted by Crippen LogP contribution is 2.00. The van der Waals surface area contributed by atoms with Gasteiger partial charge in [0.25, 0.3) is 0 Å². The molecule has 0 spiro atoms. The molecule has 0 bridgehead atoms. The Balaban J connectivity index is 1.99. The van der Waals surface area contributed by atoms with Gasteiger partial charge in [0.15, 0.2) is 0 Å². The number of nitrogens with one attached hydrogen (secondary N) is 1. The van der Waals surface area contributed by atoms with Crippen LogP contribution in [0.3, 0.4) is 0 Å². The Morgan fingerprint density at radius 2 is 1.94 bits per heavy atom. The summed E-state index contributed by atoms with van der Waals surface area (Å²) in [6, 6.07) is 0.521. The molecule has 1 unspecified atom stereocenters. The van der Waals surface area contributed by atoms with E-state index >= 15 is 0 Å². The summed E-state index contributed by atoms with van der Waals surface area (Å²) in [5, 5.41) is 3.56. The van der Waals surface area contributed by atoms with Crippen LogP contribution in [-0.4, -0.2) is 75.9 Å². The molecule has 1 heterocycles. The lowest BCUT2D eigenvalue weighted by Gasteiger charge is -2.32. The summed E-state index contributed by atoms with van der Waals surface area (Å²) in [6.07, 6.45) is 2.38. The van der Waals surface area contributed by atoms with E-state index in [4.69, 9.17) is 4.74 Å². The molecule has 0 aromatic heterocycles. The van der Waals surface area contributed by atoms with E-state index in [0.29, 0.717) is 6.04 Å². The minimum absolute atomic E-state index is 0.521. The van der Waals surface area contributed by atoms with E-state index in [0.717, 1.165) is 19.6 Å². The standard InChI is InChI=1S/C13H29N3O/c1-4-13(12-17-3)14-6-5-7-16-10-8-15(2)9-11-16/h13-14H,4-12H2,1-3H3. The first-order valence-electron chi connectivity index (χ1n) is 6.89. The summed E-state index contributed by atoms with van der Waals surface area (Å²) in [5.41, 5.74) is 0. The van der Waals surface area contributed by atoms with Crippen molar-refractivity contribution in [3.63, 3.8) is 0 Å². The zero-order valence-electron chi connectivity index (χ0n) is 11.7. The Morgan fingerprint density at radius 3 is 2.53 bits per heavy atom. The van der Waals surface area contributed by atoms with Gasteiger partial charge < -0.3 is 19.9 Å². The van der Waals surface area contributed by atoms with Gasteiger partial charge in [-0.15, -0.1) is 0 Å². The maximum absolute atomic E-state index is 5.18. The smallest absolute Gasteiger partial charge is 0.0615 e. The van der Waals surface area contributed by atoms with Crippen molar-refractivity contribution in [2.75, 3.05) is 60.0 Å². The molecule has 0 aromatic carbocycles. The van der Waals surface area contributed by atoms with Gasteiger partial charge in [-0.3, -0.25) is 0 Å². The quantitative estimate of drug-likeness (QED) is 0.633. The molecule has 4 heteroatoms. The zero-order chi connectivity index (χ0) is 12.5. The second-order valence-electron chi connectivity index (χ2n) is 5.01. The molecule has 1 N–H and O–H groups in total. The third kappa shape index (κ3) is 6.36. The molecule has 1 fully saturated rings. The highest BCUT2D eigenvalue weighted by atomic mass is 16.5. The van der Waals surface area contributed by atoms with Crippen LogP contribution in [0.25, 0.3) is 0 Å². The molecule has 0 aromatic rings. The highest BCUT2D eigenvalue weighted by molar-refractivity contribution is 4.70. The predicted molar refractivity (Wildman–Crippen MR) is 72.5 cm³/mol. The Hall–Kier alpha value is -0.160. The molecule has 17 heavy (non-hydrogen) atoms. The van der Waals surface area contributed by atoms with Gasteiger partial charge in [0.05, 0.1) is 6.61 Å². The normalized spacial score (nSPS) is 20.6. The zero-order valence-corrected chi connectivity index (χ0v) is 11.7. The minimum atomic E-state index is 0.521. The Bertz CT molecular complexity index is 182. The topological polar surface area (TPSA) is 27.7 Å². The molecule has 4 nitrogen and oxygen atoms in total. The number of likely N-dealkylation sites (N-methyl/N-ethyl adjacent to an activating group) is 1. The first-order chi connectivity index (χ1) is 8.26. The van der Waals surface area contributed by atoms with Gasteiger partial charge in [-0.25, -0.2) is 0 Å². The minimum Gasteiger partial charge on any atom is -0.383 e. The number of nitrogens with zero attached hydrogens (tertiary/aromatic N) is 2. The molecular weight excluding hydrogens is 214 g/mol. The van der Waals surface area contributed by atoms with Crippen LogP contribution in [0, 0.1) is 0 Å². The monoisotopic (exact) mass is 243 g/mol. The number of hydrogen-bond acceptors (Lipinski definition) is 4. The summed E-state index contributed by atoms with van der Waals surface area (Å²) in [5.74, 6) is 0. The molecule has 1 saturated heterocycles. The molecule has 1 rings (SSSR count). The van der Waals surface area contributed by atoms with E-state index in [1.165, 1.54) is 39.1 Å². The van der Waals surface area contributed by atoms with Crippen LogP contribution in [0.1, 0.15) is 19.8 Å². The van der Waals surface area contributed by atoms with Crippen LogP contribution < -0.4 is 5.32 Å². The number of piperazine rings is 1. The fourth-order valence-corrected chi connectivity index (χ4v) is 2.20. The maximum atomic E-state index is 5.18. The van der Waals surface area contributed by atoms with Gasteiger partial charge in [-0.2, -0.15) is 0 Å². The van der Waals surface area contributed by atoms with E-state index in [2.05, 4.69) is 29.1 Å². The molecule has 0 amide bonds. The second-order valence-corrected chi connectivity index (χ2v) is 5.01. The summed E-state index contributed by atoms with van der Waals surface area (Å²) < 4.78 is 5.18. The number of ether oxygens (including phenoxy) is 1. The Morgan fingerprint density at radius 1 is 1.24 bits per heavy atom. The number of rotatable bonds is 8. The average Bonchev–Trinajstić information content (AvgIpc) is 2.35. The average molecular weight is 243 g/mol. The fourth-order valence-electron chi connectivity index (χ4n) is 2.20. The Kier molecular flexibility index (Phi) is 7.77. The predicted octanol–water partition coefficient (Wildman–Crippen LogP) is 0.639. The van der Waals surface area contributed by atoms with Gasteiger partial charge >= 0.3 is 0 Å². The first kappa shape index (κ1) is 14.9. The van der Waals surface area contributed by atoms with Gasteiger partial charge in [-0.1, -0.05) is 6.92 Å². The summed E-state index contributed by atoms with van der Waals surface area (Å²) in [4.78, 5) is 4.97. The lowest BCUT2D eigenvalue weighted by Crippen LogP contribution is -2.45. The second kappa shape index (κ2) is 8.86. The van der Waals surface area contributed by atoms with Crippen molar-refractivity contribution < 1.29 is 4.74 Å². The van der Waals surface area contributed by atoms with E-state index < -0.39 is 0 Å². The molecule has 0 saturated carbocycles. The van der Waals surface area contributed by atoms with E-state index in [1.807, 2.05) is 0 Å². The largest absolute Gasteiger partial charge is 0.383 e. The van der Waals surface area contributed by atoms with Crippen LogP contribution >= 0.6 is 0 Å². The van der Waals surface area contributed by atoms with Gasteiger partial charge in [0.2, 0.25) is 0 Å². The van der Waals surface area contributed by atoms with Gasteiger partial charge in [0.1, 0.15) is 0 Å². The molecule has 102 valence electrons. The first-order valence-corrected chi connectivity index (χ1v) is 6.89. The van der Waals surface area contributed by atoms with Crippen LogP contribution in [-0.2, 0) is 4.74 Å². The van der Waals surface area contributed by atoms with Crippen molar-refractivity contribution in [3.8, 4) is 0 Å². The molecular formula is C13H29N3O. The van der Waals surface area contributed by atoms with Crippen LogP contribution in [0.15, 0.2) is 0 Å². The number of methoxy groups -OCH3 is 1. The molecule has 1 atom stereocenters. The maximum Gasteiger partial charge on any atom is 0.0615 e. The van der Waals surface area contributed by atoms with Gasteiger partial charge in [-0.05, 0) is 33.0 Å². The SMILES string of the molecule is CCC(COC)NCCCN1CCN(C)CC1. The van der Waals surface area contributed by atoms with Crippen molar-refractivity contribution >= 4 is 0 Å². The lowest BCUT2D eigenvalue weighted by molar-refractivity contribution is 0.147. The van der Waals surface area contributed by atoms with Crippen molar-refractivity contribution in [3.05, 3.63) is 0 Å². The molecule has 1 aliphatic heterocycles. The van der Waals surface area contributed by atoms with Crippen LogP contribution in [0.5, 0.6) is 0 Å². The van der Waals surface area contributed by atoms with Crippen LogP contribution in [0.2, 0.25) is 0 Å². The third-order valence-electron chi connectivity index (χ3n) is 3.54. The Labute approximate surface area is 106 Å². The van der Waals surface area contributed by atoms with E-state index in [9.17, 15) is 0 Å². The molecule has 0 aliphatic carbocycles. The van der Waals surface area contributed by atoms with Crippen LogP contribution in [0.4, 0.5) is 0 Å². The van der Waals surface area contributed by atoms with Crippen molar-refractivity contribution in [2.45, 2.75) is 25.8 Å². The van der Waals surface area contributed by atoms with E-state index in [-0.39, 0.29) is 0 Å². The lowest BCUT2D eigenvalue weighted by atomic mass is 10.2. The fraction of sp³-hybridized carbons (Fsp3) is 1.00. The summed E-state index contributed by atoms with van der Waals surface area (Å²) in [7, 11) is 3.98. The summed E-state index contributed by atoms with van der Waals surface area (Å²) in [6.45, 7) is 10.3. The van der Waals surface area contributed by atoms with Crippen molar-refractivity contribution in [2.24, 2.45) is 0 Å². The highest BCUT2D eigenvalue weighted by Gasteiger charge is 2.12. The third-order valence-corrected chi connectivity index (χ3v) is 3.54. The van der Waals surface area contributed by atoms with Crippen molar-refractivity contribution in [1.29, 1.82) is 0 Å². The molecule has 1 aliphatic rings. The van der Waals surface area contributed by atoms with Gasteiger partial charge in [0, 0.05) is 39.3 Å².